The first kappa shape index (κ1) is 26.2. The van der Waals surface area contributed by atoms with Gasteiger partial charge in [0.05, 0.1) is 22.9 Å². The first-order chi connectivity index (χ1) is 18.7. The van der Waals surface area contributed by atoms with Crippen molar-refractivity contribution < 1.29 is 26.7 Å². The van der Waals surface area contributed by atoms with E-state index in [4.69, 9.17) is 4.74 Å². The monoisotopic (exact) mass is 547 g/mol. The van der Waals surface area contributed by atoms with Crippen molar-refractivity contribution in [3.63, 3.8) is 0 Å². The van der Waals surface area contributed by atoms with Crippen LogP contribution in [0.3, 0.4) is 0 Å². The van der Waals surface area contributed by atoms with Gasteiger partial charge in [-0.25, -0.2) is 22.2 Å². The van der Waals surface area contributed by atoms with Crippen molar-refractivity contribution >= 4 is 26.5 Å². The van der Waals surface area contributed by atoms with Gasteiger partial charge in [-0.05, 0) is 47.5 Å². The number of hydrogen-bond acceptors (Lipinski definition) is 6. The minimum atomic E-state index is -4.26. The molecule has 5 aromatic rings. The fourth-order valence-electron chi connectivity index (χ4n) is 4.53. The molecule has 0 fully saturated rings. The summed E-state index contributed by atoms with van der Waals surface area (Å²) in [6, 6.07) is 17.7. The predicted octanol–water partition coefficient (Wildman–Crippen LogP) is 5.02. The number of hydrogen-bond donors (Lipinski definition) is 0. The highest BCUT2D eigenvalue weighted by molar-refractivity contribution is 7.92. The van der Waals surface area contributed by atoms with Crippen LogP contribution in [0.4, 0.5) is 8.78 Å². The van der Waals surface area contributed by atoms with Crippen LogP contribution in [0.5, 0.6) is 5.88 Å². The fourth-order valence-corrected chi connectivity index (χ4v) is 6.01. The van der Waals surface area contributed by atoms with E-state index >= 15 is 4.39 Å². The number of nitrogens with zero attached hydrogens (tertiary/aromatic N) is 3. The molecule has 0 saturated heterocycles. The Morgan fingerprint density at radius 3 is 2.56 bits per heavy atom. The number of sulfone groups is 1. The minimum absolute atomic E-state index is 0.0626. The molecule has 10 heteroatoms. The lowest BCUT2D eigenvalue weighted by atomic mass is 10.0. The number of pyridine rings is 2. The average Bonchev–Trinajstić information content (AvgIpc) is 3.28. The summed E-state index contributed by atoms with van der Waals surface area (Å²) in [7, 11) is -2.74. The van der Waals surface area contributed by atoms with Gasteiger partial charge in [-0.1, -0.05) is 24.3 Å². The first-order valence-corrected chi connectivity index (χ1v) is 13.6. The van der Waals surface area contributed by atoms with Crippen molar-refractivity contribution in [3.05, 3.63) is 108 Å². The Bertz CT molecular complexity index is 1790. The molecule has 0 radical (unpaired) electrons. The summed E-state index contributed by atoms with van der Waals surface area (Å²) < 4.78 is 62.7. The molecule has 198 valence electrons. The third kappa shape index (κ3) is 5.56. The Balaban J connectivity index is 1.52. The van der Waals surface area contributed by atoms with E-state index in [0.717, 1.165) is 22.8 Å². The van der Waals surface area contributed by atoms with Gasteiger partial charge < -0.3 is 9.30 Å². The Labute approximate surface area is 223 Å². The van der Waals surface area contributed by atoms with Crippen molar-refractivity contribution in [1.29, 1.82) is 0 Å². The maximum atomic E-state index is 15.0. The molecular weight excluding hydrogens is 524 g/mol. The van der Waals surface area contributed by atoms with Crippen LogP contribution in [-0.2, 0) is 27.6 Å². The molecule has 7 nitrogen and oxygen atoms in total. The van der Waals surface area contributed by atoms with Gasteiger partial charge >= 0.3 is 0 Å². The molecule has 0 N–H and O–H groups in total. The summed E-state index contributed by atoms with van der Waals surface area (Å²) in [6.45, 7) is 0.118. The van der Waals surface area contributed by atoms with Crippen LogP contribution in [0.2, 0.25) is 0 Å². The number of halogens is 2. The van der Waals surface area contributed by atoms with Gasteiger partial charge in [0.1, 0.15) is 17.4 Å². The SMILES string of the molecule is COc1ncccc1-c1cccc(Cn2cc(S(=O)(=O)CC(=O)Cc3ccccn3)c3c(F)cc(F)cc32)c1. The molecule has 5 rings (SSSR count). The lowest BCUT2D eigenvalue weighted by Gasteiger charge is -2.10. The Hall–Kier alpha value is -4.44. The summed E-state index contributed by atoms with van der Waals surface area (Å²) >= 11 is 0. The van der Waals surface area contributed by atoms with E-state index in [0.29, 0.717) is 17.6 Å². The summed E-state index contributed by atoms with van der Waals surface area (Å²) in [6.07, 6.45) is 4.20. The zero-order valence-electron chi connectivity index (χ0n) is 20.8. The molecule has 0 spiro atoms. The van der Waals surface area contributed by atoms with Crippen LogP contribution < -0.4 is 4.74 Å². The third-order valence-electron chi connectivity index (χ3n) is 6.21. The smallest absolute Gasteiger partial charge is 0.221 e. The molecular formula is C29H23F2N3O4S. The number of aromatic nitrogens is 3. The number of Topliss-reactive ketones (excluding diaryl/α,β-unsaturated/α-hetero) is 1. The number of fused-ring (bicyclic) bond motifs is 1. The number of methoxy groups -OCH3 is 1. The molecule has 0 bridgehead atoms. The second-order valence-electron chi connectivity index (χ2n) is 8.96. The lowest BCUT2D eigenvalue weighted by molar-refractivity contribution is -0.116. The topological polar surface area (TPSA) is 91.2 Å². The van der Waals surface area contributed by atoms with Crippen LogP contribution in [0.15, 0.2) is 90.2 Å². The van der Waals surface area contributed by atoms with Gasteiger partial charge in [-0.15, -0.1) is 0 Å². The van der Waals surface area contributed by atoms with Gasteiger partial charge in [0, 0.05) is 48.9 Å². The zero-order valence-corrected chi connectivity index (χ0v) is 21.7. The second-order valence-corrected chi connectivity index (χ2v) is 10.9. The summed E-state index contributed by atoms with van der Waals surface area (Å²) in [4.78, 5) is 20.5. The van der Waals surface area contributed by atoms with E-state index < -0.39 is 33.0 Å². The van der Waals surface area contributed by atoms with E-state index in [-0.39, 0.29) is 28.8 Å². The van der Waals surface area contributed by atoms with Gasteiger partial charge in [0.25, 0.3) is 0 Å². The van der Waals surface area contributed by atoms with Gasteiger partial charge in [0.2, 0.25) is 5.88 Å². The van der Waals surface area contributed by atoms with Crippen molar-refractivity contribution in [3.8, 4) is 17.0 Å². The maximum Gasteiger partial charge on any atom is 0.221 e. The van der Waals surface area contributed by atoms with Crippen molar-refractivity contribution in [2.75, 3.05) is 12.9 Å². The number of carbonyl (C=O) groups is 1. The largest absolute Gasteiger partial charge is 0.481 e. The number of ether oxygens (including phenoxy) is 1. The molecule has 3 aromatic heterocycles. The third-order valence-corrected chi connectivity index (χ3v) is 7.89. The van der Waals surface area contributed by atoms with Gasteiger partial charge in [-0.2, -0.15) is 0 Å². The number of carbonyl (C=O) groups excluding carboxylic acids is 1. The molecule has 0 atom stereocenters. The number of ketones is 1. The van der Waals surface area contributed by atoms with Crippen LogP contribution >= 0.6 is 0 Å². The Kier molecular flexibility index (Phi) is 7.21. The van der Waals surface area contributed by atoms with E-state index in [9.17, 15) is 17.6 Å². The summed E-state index contributed by atoms with van der Waals surface area (Å²) in [5.74, 6) is -2.85. The molecule has 0 amide bonds. The van der Waals surface area contributed by atoms with E-state index in [2.05, 4.69) is 9.97 Å². The minimum Gasteiger partial charge on any atom is -0.481 e. The normalized spacial score (nSPS) is 11.6. The van der Waals surface area contributed by atoms with E-state index in [1.54, 1.807) is 30.5 Å². The summed E-state index contributed by atoms with van der Waals surface area (Å²) in [5, 5.41) is -0.257. The second kappa shape index (κ2) is 10.7. The predicted molar refractivity (Wildman–Crippen MR) is 142 cm³/mol. The van der Waals surface area contributed by atoms with Gasteiger partial charge in [0.15, 0.2) is 15.6 Å². The zero-order chi connectivity index (χ0) is 27.6. The van der Waals surface area contributed by atoms with Gasteiger partial charge in [-0.3, -0.25) is 9.78 Å². The fraction of sp³-hybridized carbons (Fsp3) is 0.138. The molecule has 0 unspecified atom stereocenters. The highest BCUT2D eigenvalue weighted by Gasteiger charge is 2.27. The quantitative estimate of drug-likeness (QED) is 0.257. The Morgan fingerprint density at radius 2 is 1.79 bits per heavy atom. The highest BCUT2D eigenvalue weighted by Crippen LogP contribution is 2.32. The molecule has 2 aromatic carbocycles. The molecule has 0 saturated carbocycles. The Morgan fingerprint density at radius 1 is 0.974 bits per heavy atom. The maximum absolute atomic E-state index is 15.0. The van der Waals surface area contributed by atoms with Crippen molar-refractivity contribution in [1.82, 2.24) is 14.5 Å². The van der Waals surface area contributed by atoms with E-state index in [1.165, 1.54) is 24.1 Å². The van der Waals surface area contributed by atoms with Crippen LogP contribution in [0.25, 0.3) is 22.0 Å². The summed E-state index contributed by atoms with van der Waals surface area (Å²) in [5.41, 5.74) is 2.80. The van der Waals surface area contributed by atoms with Crippen LogP contribution in [0, 0.1) is 11.6 Å². The highest BCUT2D eigenvalue weighted by atomic mass is 32.2. The molecule has 0 aliphatic heterocycles. The van der Waals surface area contributed by atoms with Crippen LogP contribution in [0.1, 0.15) is 11.3 Å². The lowest BCUT2D eigenvalue weighted by Crippen LogP contribution is -2.18. The van der Waals surface area contributed by atoms with Crippen molar-refractivity contribution in [2.24, 2.45) is 0 Å². The van der Waals surface area contributed by atoms with Crippen molar-refractivity contribution in [2.45, 2.75) is 17.9 Å². The number of rotatable bonds is 9. The molecule has 39 heavy (non-hydrogen) atoms. The van der Waals surface area contributed by atoms with Crippen LogP contribution in [-0.4, -0.2) is 41.6 Å². The molecule has 3 heterocycles. The first-order valence-electron chi connectivity index (χ1n) is 12.0. The molecule has 0 aliphatic rings. The average molecular weight is 548 g/mol. The molecule has 0 aliphatic carbocycles. The standard InChI is InChI=1S/C29H23F2N3O4S/c1-38-29-24(9-5-11-33-29)20-7-4-6-19(12-20)16-34-17-27(28-25(31)13-21(30)14-26(28)34)39(36,37)18-23(35)15-22-8-2-3-10-32-22/h2-14,17H,15-16,18H2,1H3. The van der Waals surface area contributed by atoms with E-state index in [1.807, 2.05) is 30.3 Å². The number of benzene rings is 2.